The maximum atomic E-state index is 11.5. The van der Waals surface area contributed by atoms with Crippen molar-refractivity contribution in [1.29, 1.82) is 0 Å². The molecule has 1 amide bonds. The van der Waals surface area contributed by atoms with Crippen LogP contribution in [0.3, 0.4) is 0 Å². The lowest BCUT2D eigenvalue weighted by molar-refractivity contribution is -0.141. The van der Waals surface area contributed by atoms with Crippen molar-refractivity contribution in [2.75, 3.05) is 0 Å². The summed E-state index contributed by atoms with van der Waals surface area (Å²) in [5.41, 5.74) is 0. The molecule has 0 saturated heterocycles. The lowest BCUT2D eigenvalue weighted by Crippen LogP contribution is -2.40. The zero-order valence-corrected chi connectivity index (χ0v) is 9.98. The Bertz CT molecular complexity index is 577. The summed E-state index contributed by atoms with van der Waals surface area (Å²) in [4.78, 5) is 23.1. The molecular weight excluding hydrogens is 254 g/mol. The van der Waals surface area contributed by atoms with Gasteiger partial charge >= 0.3 is 5.97 Å². The Balaban J connectivity index is 1.97. The molecule has 1 unspecified atom stereocenters. The molecule has 0 bridgehead atoms. The molecule has 0 aliphatic rings. The standard InChI is InChI=1S/C10H11N5O4/c1-6(10(17)18)11-8(16)5-15-13-9(12-14-15)7-3-2-4-19-7/h2-4,6H,5H2,1H3,(H,11,16)(H,17,18). The first-order valence-electron chi connectivity index (χ1n) is 5.40. The van der Waals surface area contributed by atoms with Crippen molar-refractivity contribution >= 4 is 11.9 Å². The molecule has 0 aliphatic carbocycles. The molecule has 2 rings (SSSR count). The Morgan fingerprint density at radius 2 is 2.37 bits per heavy atom. The number of carboxylic acids is 1. The fraction of sp³-hybridized carbons (Fsp3) is 0.300. The van der Waals surface area contributed by atoms with Gasteiger partial charge in [-0.25, -0.2) is 0 Å². The maximum Gasteiger partial charge on any atom is 0.325 e. The molecule has 2 aromatic rings. The third-order valence-electron chi connectivity index (χ3n) is 2.23. The third-order valence-corrected chi connectivity index (χ3v) is 2.23. The smallest absolute Gasteiger partial charge is 0.325 e. The van der Waals surface area contributed by atoms with Crippen LogP contribution in [-0.4, -0.2) is 43.2 Å². The second kappa shape index (κ2) is 5.29. The van der Waals surface area contributed by atoms with E-state index >= 15 is 0 Å². The van der Waals surface area contributed by atoms with Crippen LogP contribution in [-0.2, 0) is 16.1 Å². The molecule has 2 N–H and O–H groups in total. The predicted octanol–water partition coefficient (Wildman–Crippen LogP) is -0.478. The van der Waals surface area contributed by atoms with E-state index in [0.717, 1.165) is 4.80 Å². The van der Waals surface area contributed by atoms with Crippen molar-refractivity contribution in [3.05, 3.63) is 18.4 Å². The molecule has 2 heterocycles. The van der Waals surface area contributed by atoms with E-state index in [1.165, 1.54) is 13.2 Å². The molecule has 0 aliphatic heterocycles. The van der Waals surface area contributed by atoms with Crippen LogP contribution in [0, 0.1) is 0 Å². The van der Waals surface area contributed by atoms with Crippen LogP contribution in [0.2, 0.25) is 0 Å². The Morgan fingerprint density at radius 1 is 1.58 bits per heavy atom. The number of nitrogens with one attached hydrogen (secondary N) is 1. The van der Waals surface area contributed by atoms with Crippen LogP contribution in [0.15, 0.2) is 22.8 Å². The third kappa shape index (κ3) is 3.15. The maximum absolute atomic E-state index is 11.5. The first-order chi connectivity index (χ1) is 9.06. The highest BCUT2D eigenvalue weighted by atomic mass is 16.4. The number of hydrogen-bond donors (Lipinski definition) is 2. The van der Waals surface area contributed by atoms with E-state index in [0.29, 0.717) is 5.76 Å². The van der Waals surface area contributed by atoms with E-state index in [1.807, 2.05) is 0 Å². The minimum Gasteiger partial charge on any atom is -0.480 e. The summed E-state index contributed by atoms with van der Waals surface area (Å²) in [7, 11) is 0. The summed E-state index contributed by atoms with van der Waals surface area (Å²) in [6.45, 7) is 1.15. The van der Waals surface area contributed by atoms with Gasteiger partial charge < -0.3 is 14.8 Å². The number of aliphatic carboxylic acids is 1. The zero-order valence-electron chi connectivity index (χ0n) is 9.98. The van der Waals surface area contributed by atoms with Crippen molar-refractivity contribution < 1.29 is 19.1 Å². The number of hydrogen-bond acceptors (Lipinski definition) is 6. The monoisotopic (exact) mass is 265 g/mol. The van der Waals surface area contributed by atoms with Crippen molar-refractivity contribution in [3.63, 3.8) is 0 Å². The van der Waals surface area contributed by atoms with Gasteiger partial charge in [-0.3, -0.25) is 9.59 Å². The lowest BCUT2D eigenvalue weighted by atomic mass is 10.3. The van der Waals surface area contributed by atoms with Gasteiger partial charge in [-0.1, -0.05) is 0 Å². The predicted molar refractivity (Wildman–Crippen MR) is 60.8 cm³/mol. The quantitative estimate of drug-likeness (QED) is 0.748. The summed E-state index contributed by atoms with van der Waals surface area (Å²) in [6, 6.07) is 2.37. The molecular formula is C10H11N5O4. The highest BCUT2D eigenvalue weighted by Gasteiger charge is 2.16. The topological polar surface area (TPSA) is 123 Å². The first kappa shape index (κ1) is 12.7. The molecule has 1 atom stereocenters. The minimum atomic E-state index is -1.11. The molecule has 0 saturated carbocycles. The van der Waals surface area contributed by atoms with E-state index in [1.54, 1.807) is 12.1 Å². The van der Waals surface area contributed by atoms with Crippen LogP contribution >= 0.6 is 0 Å². The number of carbonyl (C=O) groups is 2. The number of furan rings is 1. The van der Waals surface area contributed by atoms with E-state index in [-0.39, 0.29) is 12.4 Å². The van der Waals surface area contributed by atoms with Gasteiger partial charge in [-0.15, -0.1) is 10.2 Å². The number of carbonyl (C=O) groups excluding carboxylic acids is 1. The molecule has 2 aromatic heterocycles. The first-order valence-corrected chi connectivity index (χ1v) is 5.40. The highest BCUT2D eigenvalue weighted by Crippen LogP contribution is 2.12. The van der Waals surface area contributed by atoms with Gasteiger partial charge in [-0.2, -0.15) is 4.80 Å². The molecule has 19 heavy (non-hydrogen) atoms. The average Bonchev–Trinajstić information content (AvgIpc) is 2.97. The van der Waals surface area contributed by atoms with Crippen LogP contribution < -0.4 is 5.32 Å². The van der Waals surface area contributed by atoms with Gasteiger partial charge in [0.05, 0.1) is 6.26 Å². The Morgan fingerprint density at radius 3 is 3.00 bits per heavy atom. The van der Waals surface area contributed by atoms with E-state index in [2.05, 4.69) is 20.7 Å². The summed E-state index contributed by atoms with van der Waals surface area (Å²) in [5.74, 6) is -0.941. The molecule has 0 aromatic carbocycles. The van der Waals surface area contributed by atoms with Crippen LogP contribution in [0.4, 0.5) is 0 Å². The Kier molecular flexibility index (Phi) is 3.55. The summed E-state index contributed by atoms with van der Waals surface area (Å²) in [5, 5.41) is 22.3. The Hall–Kier alpha value is -2.71. The molecule has 9 nitrogen and oxygen atoms in total. The number of carboxylic acid groups (broad SMARTS) is 1. The van der Waals surface area contributed by atoms with Gasteiger partial charge in [-0.05, 0) is 24.3 Å². The van der Waals surface area contributed by atoms with Crippen molar-refractivity contribution in [2.45, 2.75) is 19.5 Å². The fourth-order valence-electron chi connectivity index (χ4n) is 1.29. The molecule has 0 fully saturated rings. The molecule has 100 valence electrons. The highest BCUT2D eigenvalue weighted by molar-refractivity contribution is 5.82. The largest absolute Gasteiger partial charge is 0.480 e. The van der Waals surface area contributed by atoms with Crippen molar-refractivity contribution in [3.8, 4) is 11.6 Å². The summed E-state index contributed by atoms with van der Waals surface area (Å²) < 4.78 is 5.08. The van der Waals surface area contributed by atoms with Crippen molar-refractivity contribution in [2.24, 2.45) is 0 Å². The van der Waals surface area contributed by atoms with Gasteiger partial charge in [0.1, 0.15) is 12.6 Å². The van der Waals surface area contributed by atoms with Gasteiger partial charge in [0, 0.05) is 0 Å². The fourth-order valence-corrected chi connectivity index (χ4v) is 1.29. The van der Waals surface area contributed by atoms with Crippen LogP contribution in [0.1, 0.15) is 6.92 Å². The van der Waals surface area contributed by atoms with Gasteiger partial charge in [0.15, 0.2) is 5.76 Å². The van der Waals surface area contributed by atoms with Crippen molar-refractivity contribution in [1.82, 2.24) is 25.5 Å². The number of nitrogens with zero attached hydrogens (tertiary/aromatic N) is 4. The second-order valence-corrected chi connectivity index (χ2v) is 3.75. The number of rotatable bonds is 5. The van der Waals surface area contributed by atoms with E-state index in [4.69, 9.17) is 9.52 Å². The molecule has 0 radical (unpaired) electrons. The second-order valence-electron chi connectivity index (χ2n) is 3.75. The van der Waals surface area contributed by atoms with Gasteiger partial charge in [0.25, 0.3) is 0 Å². The zero-order chi connectivity index (χ0) is 13.8. The lowest BCUT2D eigenvalue weighted by Gasteiger charge is -2.07. The normalized spacial score (nSPS) is 12.1. The molecule has 0 spiro atoms. The average molecular weight is 265 g/mol. The van der Waals surface area contributed by atoms with E-state index in [9.17, 15) is 9.59 Å². The molecule has 9 heteroatoms. The minimum absolute atomic E-state index is 0.217. The Labute approximate surface area is 107 Å². The van der Waals surface area contributed by atoms with Gasteiger partial charge in [0.2, 0.25) is 11.7 Å². The number of aromatic nitrogens is 4. The number of amides is 1. The van der Waals surface area contributed by atoms with Crippen LogP contribution in [0.25, 0.3) is 11.6 Å². The summed E-state index contributed by atoms with van der Waals surface area (Å²) in [6.07, 6.45) is 1.47. The number of tetrazole rings is 1. The van der Waals surface area contributed by atoms with Crippen LogP contribution in [0.5, 0.6) is 0 Å². The SMILES string of the molecule is CC(NC(=O)Cn1nnc(-c2ccco2)n1)C(=O)O. The summed E-state index contributed by atoms with van der Waals surface area (Å²) >= 11 is 0. The van der Waals surface area contributed by atoms with E-state index < -0.39 is 17.9 Å².